The standard InChI is InChI=1S/C14H14BrClN2/c1-9-3-4-10(8-18-9)14(17-2)12-7-11(16)5-6-13(12)15/h3-8,14,17H,1-2H3. The summed E-state index contributed by atoms with van der Waals surface area (Å²) in [6, 6.07) is 9.96. The van der Waals surface area contributed by atoms with Gasteiger partial charge in [0.1, 0.15) is 0 Å². The molecule has 4 heteroatoms. The van der Waals surface area contributed by atoms with Crippen LogP contribution in [0.25, 0.3) is 0 Å². The monoisotopic (exact) mass is 324 g/mol. The first-order chi connectivity index (χ1) is 8.61. The summed E-state index contributed by atoms with van der Waals surface area (Å²) in [5, 5.41) is 4.02. The highest BCUT2D eigenvalue weighted by molar-refractivity contribution is 9.10. The van der Waals surface area contributed by atoms with Gasteiger partial charge < -0.3 is 5.32 Å². The first-order valence-corrected chi connectivity index (χ1v) is 6.83. The van der Waals surface area contributed by atoms with Gasteiger partial charge in [0.2, 0.25) is 0 Å². The summed E-state index contributed by atoms with van der Waals surface area (Å²) in [6.45, 7) is 1.98. The molecule has 0 bridgehead atoms. The summed E-state index contributed by atoms with van der Waals surface area (Å²) in [4.78, 5) is 4.34. The Bertz CT molecular complexity index is 540. The average molecular weight is 326 g/mol. The molecule has 0 spiro atoms. The zero-order chi connectivity index (χ0) is 13.1. The third kappa shape index (κ3) is 2.91. The zero-order valence-corrected chi connectivity index (χ0v) is 12.6. The molecule has 2 nitrogen and oxygen atoms in total. The molecule has 1 heterocycles. The Balaban J connectivity index is 2.44. The summed E-state index contributed by atoms with van der Waals surface area (Å²) in [5.41, 5.74) is 3.24. The Labute approximate surface area is 121 Å². The zero-order valence-electron chi connectivity index (χ0n) is 10.2. The topological polar surface area (TPSA) is 24.9 Å². The molecule has 18 heavy (non-hydrogen) atoms. The number of hydrogen-bond acceptors (Lipinski definition) is 2. The quantitative estimate of drug-likeness (QED) is 0.918. The van der Waals surface area contributed by atoms with Gasteiger partial charge in [-0.15, -0.1) is 0 Å². The Hall–Kier alpha value is -0.900. The summed E-state index contributed by atoms with van der Waals surface area (Å²) in [5.74, 6) is 0. The molecule has 0 aliphatic heterocycles. The van der Waals surface area contributed by atoms with E-state index in [4.69, 9.17) is 11.6 Å². The maximum Gasteiger partial charge on any atom is 0.0601 e. The van der Waals surface area contributed by atoms with E-state index in [1.54, 1.807) is 0 Å². The predicted molar refractivity (Wildman–Crippen MR) is 79.0 cm³/mol. The van der Waals surface area contributed by atoms with Crippen LogP contribution in [0.1, 0.15) is 22.9 Å². The molecule has 1 atom stereocenters. The molecule has 94 valence electrons. The second-order valence-corrected chi connectivity index (χ2v) is 5.41. The molecular weight excluding hydrogens is 312 g/mol. The number of rotatable bonds is 3. The molecule has 0 radical (unpaired) electrons. The maximum absolute atomic E-state index is 6.07. The van der Waals surface area contributed by atoms with Gasteiger partial charge in [-0.3, -0.25) is 4.98 Å². The lowest BCUT2D eigenvalue weighted by molar-refractivity contribution is 0.685. The van der Waals surface area contributed by atoms with E-state index in [1.807, 2.05) is 44.4 Å². The van der Waals surface area contributed by atoms with Gasteiger partial charge >= 0.3 is 0 Å². The lowest BCUT2D eigenvalue weighted by Gasteiger charge is -2.18. The minimum absolute atomic E-state index is 0.0752. The largest absolute Gasteiger partial charge is 0.309 e. The fourth-order valence-electron chi connectivity index (χ4n) is 1.89. The number of halogens is 2. The molecule has 2 aromatic rings. The van der Waals surface area contributed by atoms with E-state index in [0.29, 0.717) is 0 Å². The van der Waals surface area contributed by atoms with E-state index < -0.39 is 0 Å². The SMILES string of the molecule is CNC(c1ccc(C)nc1)c1cc(Cl)ccc1Br. The van der Waals surface area contributed by atoms with Crippen LogP contribution in [0.3, 0.4) is 0 Å². The van der Waals surface area contributed by atoms with Crippen molar-refractivity contribution in [2.24, 2.45) is 0 Å². The summed E-state index contributed by atoms with van der Waals surface area (Å²) in [6.07, 6.45) is 1.89. The highest BCUT2D eigenvalue weighted by Gasteiger charge is 2.15. The van der Waals surface area contributed by atoms with Crippen LogP contribution in [0.5, 0.6) is 0 Å². The van der Waals surface area contributed by atoms with Gasteiger partial charge in [0.25, 0.3) is 0 Å². The highest BCUT2D eigenvalue weighted by atomic mass is 79.9. The van der Waals surface area contributed by atoms with Crippen molar-refractivity contribution in [3.63, 3.8) is 0 Å². The Morgan fingerprint density at radius 3 is 2.67 bits per heavy atom. The van der Waals surface area contributed by atoms with Gasteiger partial charge in [-0.1, -0.05) is 33.6 Å². The van der Waals surface area contributed by atoms with Crippen LogP contribution in [-0.4, -0.2) is 12.0 Å². The van der Waals surface area contributed by atoms with Crippen LogP contribution in [0.4, 0.5) is 0 Å². The molecule has 0 aliphatic carbocycles. The van der Waals surface area contributed by atoms with Gasteiger partial charge in [0.15, 0.2) is 0 Å². The molecule has 1 aromatic heterocycles. The van der Waals surface area contributed by atoms with Crippen LogP contribution in [0.15, 0.2) is 41.0 Å². The molecule has 0 fully saturated rings. The molecule has 1 aromatic carbocycles. The van der Waals surface area contributed by atoms with Crippen molar-refractivity contribution in [1.29, 1.82) is 0 Å². The minimum atomic E-state index is 0.0752. The molecule has 0 amide bonds. The van der Waals surface area contributed by atoms with Crippen molar-refractivity contribution in [1.82, 2.24) is 10.3 Å². The number of hydrogen-bond donors (Lipinski definition) is 1. The predicted octanol–water partition coefficient (Wildman–Crippen LogP) is 4.11. The van der Waals surface area contributed by atoms with E-state index in [2.05, 4.69) is 32.3 Å². The second kappa shape index (κ2) is 5.83. The third-order valence-corrected chi connectivity index (χ3v) is 3.78. The third-order valence-electron chi connectivity index (χ3n) is 2.83. The van der Waals surface area contributed by atoms with Gasteiger partial charge in [0.05, 0.1) is 6.04 Å². The van der Waals surface area contributed by atoms with Crippen LogP contribution >= 0.6 is 27.5 Å². The van der Waals surface area contributed by atoms with Gasteiger partial charge in [-0.2, -0.15) is 0 Å². The van der Waals surface area contributed by atoms with Crippen LogP contribution in [0, 0.1) is 6.92 Å². The number of aromatic nitrogens is 1. The number of nitrogens with one attached hydrogen (secondary N) is 1. The second-order valence-electron chi connectivity index (χ2n) is 4.12. The molecular formula is C14H14BrClN2. The minimum Gasteiger partial charge on any atom is -0.309 e. The van der Waals surface area contributed by atoms with Gasteiger partial charge in [-0.25, -0.2) is 0 Å². The maximum atomic E-state index is 6.07. The Morgan fingerprint density at radius 1 is 1.28 bits per heavy atom. The lowest BCUT2D eigenvalue weighted by Crippen LogP contribution is -2.18. The van der Waals surface area contributed by atoms with Crippen LogP contribution < -0.4 is 5.32 Å². The van der Waals surface area contributed by atoms with Crippen molar-refractivity contribution < 1.29 is 0 Å². The molecule has 1 unspecified atom stereocenters. The van der Waals surface area contributed by atoms with E-state index in [9.17, 15) is 0 Å². The van der Waals surface area contributed by atoms with E-state index in [-0.39, 0.29) is 6.04 Å². The van der Waals surface area contributed by atoms with E-state index in [0.717, 1.165) is 26.3 Å². The smallest absolute Gasteiger partial charge is 0.0601 e. The van der Waals surface area contributed by atoms with Crippen molar-refractivity contribution in [3.8, 4) is 0 Å². The summed E-state index contributed by atoms with van der Waals surface area (Å²) < 4.78 is 1.03. The number of nitrogens with zero attached hydrogens (tertiary/aromatic N) is 1. The Morgan fingerprint density at radius 2 is 2.06 bits per heavy atom. The Kier molecular flexibility index (Phi) is 4.38. The number of benzene rings is 1. The van der Waals surface area contributed by atoms with Crippen molar-refractivity contribution in [2.45, 2.75) is 13.0 Å². The molecule has 1 N–H and O–H groups in total. The van der Waals surface area contributed by atoms with E-state index in [1.165, 1.54) is 0 Å². The van der Waals surface area contributed by atoms with Crippen LogP contribution in [-0.2, 0) is 0 Å². The normalized spacial score (nSPS) is 12.4. The highest BCUT2D eigenvalue weighted by Crippen LogP contribution is 2.30. The van der Waals surface area contributed by atoms with Crippen molar-refractivity contribution in [3.05, 3.63) is 62.8 Å². The number of aryl methyl sites for hydroxylation is 1. The van der Waals surface area contributed by atoms with Crippen molar-refractivity contribution >= 4 is 27.5 Å². The molecule has 0 aliphatic rings. The average Bonchev–Trinajstić information content (AvgIpc) is 2.37. The summed E-state index contributed by atoms with van der Waals surface area (Å²) >= 11 is 9.63. The van der Waals surface area contributed by atoms with Crippen molar-refractivity contribution in [2.75, 3.05) is 7.05 Å². The van der Waals surface area contributed by atoms with E-state index >= 15 is 0 Å². The van der Waals surface area contributed by atoms with Gasteiger partial charge in [0, 0.05) is 21.4 Å². The molecule has 0 saturated carbocycles. The molecule has 0 saturated heterocycles. The summed E-state index contributed by atoms with van der Waals surface area (Å²) in [7, 11) is 1.93. The van der Waals surface area contributed by atoms with Gasteiger partial charge in [-0.05, 0) is 49.4 Å². The number of pyridine rings is 1. The molecule has 2 rings (SSSR count). The first kappa shape index (κ1) is 13.5. The van der Waals surface area contributed by atoms with Crippen LogP contribution in [0.2, 0.25) is 5.02 Å². The fraction of sp³-hybridized carbons (Fsp3) is 0.214. The first-order valence-electron chi connectivity index (χ1n) is 5.66. The fourth-order valence-corrected chi connectivity index (χ4v) is 2.54. The lowest BCUT2D eigenvalue weighted by atomic mass is 10.0.